The van der Waals surface area contributed by atoms with E-state index in [2.05, 4.69) is 10.3 Å². The predicted molar refractivity (Wildman–Crippen MR) is 99.1 cm³/mol. The minimum Gasteiger partial charge on any atom is -0.350 e. The molecule has 2 heterocycles. The zero-order valence-electron chi connectivity index (χ0n) is 13.2. The lowest BCUT2D eigenvalue weighted by Crippen LogP contribution is -2.24. The van der Waals surface area contributed by atoms with Gasteiger partial charge in [0.1, 0.15) is 11.6 Å². The van der Waals surface area contributed by atoms with Crippen LogP contribution in [0.25, 0.3) is 10.6 Å². The number of hydrogen-bond acceptors (Lipinski definition) is 5. The highest BCUT2D eigenvalue weighted by atomic mass is 32.2. The van der Waals surface area contributed by atoms with Crippen molar-refractivity contribution in [3.8, 4) is 10.6 Å². The first-order valence-electron chi connectivity index (χ1n) is 7.37. The van der Waals surface area contributed by atoms with Crippen LogP contribution < -0.4 is 5.32 Å². The third-order valence-electron chi connectivity index (χ3n) is 3.24. The summed E-state index contributed by atoms with van der Waals surface area (Å²) >= 11 is 4.15. The molecule has 2 aromatic heterocycles. The first kappa shape index (κ1) is 18.0. The number of aromatic nitrogens is 1. The van der Waals surface area contributed by atoms with Crippen molar-refractivity contribution >= 4 is 40.3 Å². The molecule has 1 aromatic carbocycles. The lowest BCUT2D eigenvalue weighted by Gasteiger charge is -2.05. The van der Waals surface area contributed by atoms with Crippen molar-refractivity contribution in [3.05, 3.63) is 57.2 Å². The molecule has 130 valence electrons. The van der Waals surface area contributed by atoms with Gasteiger partial charge >= 0.3 is 0 Å². The number of nitrogens with zero attached hydrogens (tertiary/aromatic N) is 1. The number of benzene rings is 1. The van der Waals surface area contributed by atoms with E-state index in [1.165, 1.54) is 0 Å². The molecular formula is C17H14F2N2OS3. The summed E-state index contributed by atoms with van der Waals surface area (Å²) in [5.74, 6) is -1.24. The average Bonchev–Trinajstić information content (AvgIpc) is 3.22. The molecule has 0 radical (unpaired) electrons. The third-order valence-corrected chi connectivity index (χ3v) is 6.16. The Balaban J connectivity index is 1.51. The minimum atomic E-state index is -0.527. The smallest absolute Gasteiger partial charge is 0.230 e. The summed E-state index contributed by atoms with van der Waals surface area (Å²) in [6.07, 6.45) is 0. The molecule has 0 aliphatic carbocycles. The van der Waals surface area contributed by atoms with Crippen LogP contribution in [0.15, 0.2) is 40.6 Å². The van der Waals surface area contributed by atoms with E-state index < -0.39 is 11.6 Å². The molecule has 0 unspecified atom stereocenters. The van der Waals surface area contributed by atoms with Gasteiger partial charge in [-0.3, -0.25) is 4.79 Å². The van der Waals surface area contributed by atoms with Gasteiger partial charge in [-0.15, -0.1) is 34.4 Å². The standard InChI is InChI=1S/C17H14F2N2OS3/c1-10-21-14(8-23-10)15-5-3-12(25-15)7-20-17(22)9-24-16-6-11(18)2-4-13(16)19/h2-6,8H,7,9H2,1H3,(H,20,22). The number of rotatable bonds is 6. The van der Waals surface area contributed by atoms with E-state index in [0.29, 0.717) is 6.54 Å². The second kappa shape index (κ2) is 8.07. The monoisotopic (exact) mass is 396 g/mol. The maximum atomic E-state index is 13.5. The Morgan fingerprint density at radius 1 is 1.28 bits per heavy atom. The van der Waals surface area contributed by atoms with Crippen molar-refractivity contribution in [3.63, 3.8) is 0 Å². The largest absolute Gasteiger partial charge is 0.350 e. The maximum Gasteiger partial charge on any atom is 0.230 e. The first-order chi connectivity index (χ1) is 12.0. The van der Waals surface area contributed by atoms with Crippen LogP contribution >= 0.6 is 34.4 Å². The van der Waals surface area contributed by atoms with Crippen molar-refractivity contribution in [2.24, 2.45) is 0 Å². The number of halogens is 2. The number of aryl methyl sites for hydroxylation is 1. The van der Waals surface area contributed by atoms with E-state index >= 15 is 0 Å². The molecular weight excluding hydrogens is 382 g/mol. The van der Waals surface area contributed by atoms with Crippen LogP contribution in [-0.4, -0.2) is 16.6 Å². The van der Waals surface area contributed by atoms with Gasteiger partial charge in [0.2, 0.25) is 5.91 Å². The fraction of sp³-hybridized carbons (Fsp3) is 0.176. The molecule has 8 heteroatoms. The second-order valence-corrected chi connectivity index (χ2v) is 8.41. The first-order valence-corrected chi connectivity index (χ1v) is 10.0. The van der Waals surface area contributed by atoms with Gasteiger partial charge in [-0.1, -0.05) is 0 Å². The molecule has 3 rings (SSSR count). The summed E-state index contributed by atoms with van der Waals surface area (Å²) in [6.45, 7) is 2.36. The lowest BCUT2D eigenvalue weighted by molar-refractivity contribution is -0.118. The third kappa shape index (κ3) is 4.87. The van der Waals surface area contributed by atoms with E-state index in [4.69, 9.17) is 0 Å². The Labute approximate surface area is 156 Å². The molecule has 1 amide bonds. The fourth-order valence-electron chi connectivity index (χ4n) is 2.06. The van der Waals surface area contributed by atoms with E-state index in [9.17, 15) is 13.6 Å². The average molecular weight is 397 g/mol. The number of hydrogen-bond donors (Lipinski definition) is 1. The molecule has 0 saturated heterocycles. The normalized spacial score (nSPS) is 10.8. The highest BCUT2D eigenvalue weighted by Crippen LogP contribution is 2.29. The van der Waals surface area contributed by atoms with Gasteiger partial charge in [0.15, 0.2) is 0 Å². The van der Waals surface area contributed by atoms with Crippen LogP contribution in [0.3, 0.4) is 0 Å². The molecule has 0 spiro atoms. The van der Waals surface area contributed by atoms with Crippen molar-refractivity contribution in [2.45, 2.75) is 18.4 Å². The zero-order chi connectivity index (χ0) is 17.8. The van der Waals surface area contributed by atoms with Gasteiger partial charge in [0.25, 0.3) is 0 Å². The van der Waals surface area contributed by atoms with Crippen LogP contribution in [0.1, 0.15) is 9.88 Å². The van der Waals surface area contributed by atoms with Crippen molar-refractivity contribution in [2.75, 3.05) is 5.75 Å². The number of thiazole rings is 1. The van der Waals surface area contributed by atoms with Crippen molar-refractivity contribution < 1.29 is 13.6 Å². The molecule has 1 N–H and O–H groups in total. The van der Waals surface area contributed by atoms with Gasteiger partial charge in [0, 0.05) is 15.2 Å². The van der Waals surface area contributed by atoms with E-state index in [-0.39, 0.29) is 16.6 Å². The quantitative estimate of drug-likeness (QED) is 0.605. The van der Waals surface area contributed by atoms with Gasteiger partial charge < -0.3 is 5.32 Å². The van der Waals surface area contributed by atoms with Gasteiger partial charge in [-0.2, -0.15) is 0 Å². The molecule has 0 fully saturated rings. The summed E-state index contributed by atoms with van der Waals surface area (Å²) in [7, 11) is 0. The SMILES string of the molecule is Cc1nc(-c2ccc(CNC(=O)CSc3cc(F)ccc3F)s2)cs1. The molecule has 0 saturated carbocycles. The van der Waals surface area contributed by atoms with Crippen LogP contribution in [0, 0.1) is 18.6 Å². The molecule has 0 atom stereocenters. The van der Waals surface area contributed by atoms with E-state index in [1.807, 2.05) is 24.4 Å². The van der Waals surface area contributed by atoms with Crippen LogP contribution in [0.2, 0.25) is 0 Å². The molecule has 0 aliphatic heterocycles. The van der Waals surface area contributed by atoms with Crippen molar-refractivity contribution in [1.82, 2.24) is 10.3 Å². The number of thioether (sulfide) groups is 1. The Morgan fingerprint density at radius 2 is 2.12 bits per heavy atom. The van der Waals surface area contributed by atoms with Gasteiger partial charge in [-0.25, -0.2) is 13.8 Å². The number of thiophene rings is 1. The number of carbonyl (C=O) groups is 1. The second-order valence-electron chi connectivity index (χ2n) is 5.16. The lowest BCUT2D eigenvalue weighted by atomic mass is 10.3. The van der Waals surface area contributed by atoms with Crippen molar-refractivity contribution in [1.29, 1.82) is 0 Å². The summed E-state index contributed by atoms with van der Waals surface area (Å²) in [6, 6.07) is 7.14. The van der Waals surface area contributed by atoms with Crippen LogP contribution in [0.4, 0.5) is 8.78 Å². The summed E-state index contributed by atoms with van der Waals surface area (Å²) in [4.78, 5) is 18.6. The molecule has 25 heavy (non-hydrogen) atoms. The molecule has 3 aromatic rings. The van der Waals surface area contributed by atoms with Gasteiger partial charge in [0.05, 0.1) is 27.9 Å². The summed E-state index contributed by atoms with van der Waals surface area (Å²) in [5, 5.41) is 5.81. The molecule has 0 bridgehead atoms. The van der Waals surface area contributed by atoms with E-state index in [0.717, 1.165) is 50.4 Å². The highest BCUT2D eigenvalue weighted by Gasteiger charge is 2.10. The summed E-state index contributed by atoms with van der Waals surface area (Å²) in [5.41, 5.74) is 0.946. The highest BCUT2D eigenvalue weighted by molar-refractivity contribution is 8.00. The number of carbonyl (C=O) groups excluding carboxylic acids is 1. The maximum absolute atomic E-state index is 13.5. The topological polar surface area (TPSA) is 42.0 Å². The van der Waals surface area contributed by atoms with E-state index in [1.54, 1.807) is 22.7 Å². The Bertz CT molecular complexity index is 892. The molecule has 0 aliphatic rings. The number of nitrogens with one attached hydrogen (secondary N) is 1. The van der Waals surface area contributed by atoms with Crippen LogP contribution in [-0.2, 0) is 11.3 Å². The van der Waals surface area contributed by atoms with Gasteiger partial charge in [-0.05, 0) is 37.3 Å². The van der Waals surface area contributed by atoms with Crippen LogP contribution in [0.5, 0.6) is 0 Å². The summed E-state index contributed by atoms with van der Waals surface area (Å²) < 4.78 is 26.6. The fourth-order valence-corrected chi connectivity index (χ4v) is 4.44. The zero-order valence-corrected chi connectivity index (χ0v) is 15.7. The molecule has 3 nitrogen and oxygen atoms in total. The Hall–Kier alpha value is -1.77. The Kier molecular flexibility index (Phi) is 5.82. The predicted octanol–water partition coefficient (Wildman–Crippen LogP) is 4.87. The Morgan fingerprint density at radius 3 is 2.88 bits per heavy atom. The minimum absolute atomic E-state index is 0.0316. The number of amides is 1.